The average molecular weight is 657 g/mol. The van der Waals surface area contributed by atoms with E-state index in [4.69, 9.17) is 0 Å². The Labute approximate surface area is 280 Å². The lowest BCUT2D eigenvalue weighted by Crippen LogP contribution is -1.91. The van der Waals surface area contributed by atoms with Crippen LogP contribution in [-0.2, 0) is 6.42 Å². The first-order valence-electron chi connectivity index (χ1n) is 16.6. The summed E-state index contributed by atoms with van der Waals surface area (Å²) in [6, 6.07) is 21.0. The number of hydrogen-bond donors (Lipinski definition) is 2. The van der Waals surface area contributed by atoms with Crippen molar-refractivity contribution in [3.05, 3.63) is 81.9 Å². The van der Waals surface area contributed by atoms with Gasteiger partial charge in [-0.3, -0.25) is 0 Å². The Morgan fingerprint density at radius 3 is 1.42 bits per heavy atom. The molecule has 216 valence electrons. The molecule has 0 bridgehead atoms. The van der Waals surface area contributed by atoms with Gasteiger partial charge >= 0.3 is 0 Å². The summed E-state index contributed by atoms with van der Waals surface area (Å²) >= 11 is 5.84. The van der Waals surface area contributed by atoms with Crippen LogP contribution >= 0.6 is 34.0 Å². The molecule has 1 aliphatic carbocycles. The molecule has 48 heavy (non-hydrogen) atoms. The van der Waals surface area contributed by atoms with Crippen LogP contribution in [0.15, 0.2) is 70.7 Å². The lowest BCUT2D eigenvalue weighted by molar-refractivity contribution is 1.30. The van der Waals surface area contributed by atoms with E-state index in [9.17, 15) is 0 Å². The van der Waals surface area contributed by atoms with Gasteiger partial charge in [-0.15, -0.1) is 34.0 Å². The molecule has 0 saturated carbocycles. The third-order valence-corrected chi connectivity index (χ3v) is 15.7. The second kappa shape index (κ2) is 6.58. The van der Waals surface area contributed by atoms with Crippen molar-refractivity contribution in [3.63, 3.8) is 0 Å². The van der Waals surface area contributed by atoms with Crippen LogP contribution in [0.1, 0.15) is 11.1 Å². The summed E-state index contributed by atoms with van der Waals surface area (Å²) in [6.45, 7) is 0. The molecule has 5 aromatic heterocycles. The quantitative estimate of drug-likeness (QED) is 0.152. The van der Waals surface area contributed by atoms with E-state index in [0.717, 1.165) is 6.42 Å². The van der Waals surface area contributed by atoms with Gasteiger partial charge in [0, 0.05) is 127 Å². The molecule has 0 unspecified atom stereocenters. The second-order valence-corrected chi connectivity index (χ2v) is 17.0. The van der Waals surface area contributed by atoms with Crippen molar-refractivity contribution in [2.75, 3.05) is 0 Å². The number of benzene rings is 7. The number of nitrogens with one attached hydrogen (secondary N) is 2. The fourth-order valence-electron chi connectivity index (χ4n) is 11.2. The van der Waals surface area contributed by atoms with Crippen molar-refractivity contribution in [3.8, 4) is 0 Å². The van der Waals surface area contributed by atoms with Crippen LogP contribution in [0.2, 0.25) is 0 Å². The SMILES string of the molecule is c1cc2c3c(c1)c1scc4c5[nH]c6cccc7c8scc9c%10[nH]c%11cccc%12c%13scc%14c(c3c3c(c%14%13)c(c%10c%11%12)c(c98)c(c5c67)c3c41)C2. The maximum absolute atomic E-state index is 4.02. The monoisotopic (exact) mass is 656 g/mol. The van der Waals surface area contributed by atoms with E-state index >= 15 is 0 Å². The van der Waals surface area contributed by atoms with Gasteiger partial charge < -0.3 is 9.97 Å². The molecule has 16 rings (SSSR count). The molecular formula is C43H16N2S3. The molecule has 0 spiro atoms. The Morgan fingerprint density at radius 1 is 0.375 bits per heavy atom. The Morgan fingerprint density at radius 2 is 0.833 bits per heavy atom. The Bertz CT molecular complexity index is 3950. The summed E-state index contributed by atoms with van der Waals surface area (Å²) < 4.78 is 4.28. The van der Waals surface area contributed by atoms with Crippen LogP contribution in [0.4, 0.5) is 0 Å². The molecule has 5 heterocycles. The number of aromatic nitrogens is 2. The molecule has 0 fully saturated rings. The molecule has 1 aliphatic rings. The predicted molar refractivity (Wildman–Crippen MR) is 213 cm³/mol. The maximum Gasteiger partial charge on any atom is 0.0560 e. The fraction of sp³-hybridized carbons (Fsp3) is 0.0233. The maximum atomic E-state index is 4.02. The van der Waals surface area contributed by atoms with E-state index < -0.39 is 0 Å². The van der Waals surface area contributed by atoms with Crippen molar-refractivity contribution in [1.82, 2.24) is 9.97 Å². The zero-order chi connectivity index (χ0) is 30.0. The first-order valence-corrected chi connectivity index (χ1v) is 19.3. The highest BCUT2D eigenvalue weighted by atomic mass is 32.1. The van der Waals surface area contributed by atoms with E-state index in [1.165, 1.54) is 160 Å². The molecular weight excluding hydrogens is 641 g/mol. The number of rotatable bonds is 0. The molecule has 15 aromatic rings. The van der Waals surface area contributed by atoms with Crippen LogP contribution < -0.4 is 0 Å². The highest BCUT2D eigenvalue weighted by Gasteiger charge is 2.34. The van der Waals surface area contributed by atoms with Crippen LogP contribution in [0, 0.1) is 0 Å². The van der Waals surface area contributed by atoms with Gasteiger partial charge in [0.05, 0.1) is 11.0 Å². The lowest BCUT2D eigenvalue weighted by atomic mass is 9.84. The smallest absolute Gasteiger partial charge is 0.0560 e. The Hall–Kier alpha value is -5.20. The topological polar surface area (TPSA) is 31.6 Å². The Kier molecular flexibility index (Phi) is 3.07. The molecule has 0 radical (unpaired) electrons. The molecule has 0 saturated heterocycles. The van der Waals surface area contributed by atoms with E-state index in [2.05, 4.69) is 80.7 Å². The summed E-state index contributed by atoms with van der Waals surface area (Å²) in [4.78, 5) is 8.05. The Balaban J connectivity index is 1.51. The van der Waals surface area contributed by atoms with Gasteiger partial charge in [-0.2, -0.15) is 0 Å². The molecule has 10 aromatic carbocycles. The minimum Gasteiger partial charge on any atom is -0.354 e. The van der Waals surface area contributed by atoms with Crippen LogP contribution in [0.3, 0.4) is 0 Å². The first kappa shape index (κ1) is 22.4. The molecule has 5 heteroatoms. The molecule has 0 aliphatic heterocycles. The van der Waals surface area contributed by atoms with Crippen LogP contribution in [0.5, 0.6) is 0 Å². The van der Waals surface area contributed by atoms with E-state index in [0.29, 0.717) is 0 Å². The highest BCUT2D eigenvalue weighted by molar-refractivity contribution is 7.20. The van der Waals surface area contributed by atoms with Gasteiger partial charge in [-0.25, -0.2) is 0 Å². The summed E-state index contributed by atoms with van der Waals surface area (Å²) in [5, 5.41) is 37.7. The zero-order valence-corrected chi connectivity index (χ0v) is 27.3. The highest BCUT2D eigenvalue weighted by Crippen LogP contribution is 2.62. The molecule has 2 nitrogen and oxygen atoms in total. The summed E-state index contributed by atoms with van der Waals surface area (Å²) in [6.07, 6.45) is 1.00. The van der Waals surface area contributed by atoms with E-state index in [1.54, 1.807) is 0 Å². The van der Waals surface area contributed by atoms with Gasteiger partial charge in [0.25, 0.3) is 0 Å². The van der Waals surface area contributed by atoms with Crippen molar-refractivity contribution in [2.45, 2.75) is 6.42 Å². The van der Waals surface area contributed by atoms with Crippen molar-refractivity contribution in [2.24, 2.45) is 0 Å². The number of thiophene rings is 3. The normalized spacial score (nSPS) is 14.6. The van der Waals surface area contributed by atoms with Crippen molar-refractivity contribution < 1.29 is 0 Å². The first-order chi connectivity index (χ1) is 23.8. The minimum absolute atomic E-state index is 1.00. The van der Waals surface area contributed by atoms with E-state index in [1.807, 2.05) is 34.0 Å². The second-order valence-electron chi connectivity index (χ2n) is 14.4. The largest absolute Gasteiger partial charge is 0.354 e. The van der Waals surface area contributed by atoms with Crippen molar-refractivity contribution in [1.29, 1.82) is 0 Å². The minimum atomic E-state index is 1.00. The summed E-state index contributed by atoms with van der Waals surface area (Å²) in [5.41, 5.74) is 8.12. The number of hydrogen-bond acceptors (Lipinski definition) is 3. The number of fused-ring (bicyclic) bond motifs is 6. The van der Waals surface area contributed by atoms with Gasteiger partial charge in [0.2, 0.25) is 0 Å². The van der Waals surface area contributed by atoms with Crippen molar-refractivity contribution >= 4 is 183 Å². The van der Waals surface area contributed by atoms with Gasteiger partial charge in [0.1, 0.15) is 0 Å². The zero-order valence-electron chi connectivity index (χ0n) is 24.9. The number of aromatic amines is 2. The lowest BCUT2D eigenvalue weighted by Gasteiger charge is -2.17. The molecule has 2 N–H and O–H groups in total. The van der Waals surface area contributed by atoms with Gasteiger partial charge in [-0.05, 0) is 56.6 Å². The van der Waals surface area contributed by atoms with Gasteiger partial charge in [-0.1, -0.05) is 42.5 Å². The summed E-state index contributed by atoms with van der Waals surface area (Å²) in [7, 11) is 0. The third kappa shape index (κ3) is 1.91. The summed E-state index contributed by atoms with van der Waals surface area (Å²) in [5.74, 6) is 0. The molecule has 0 atom stereocenters. The van der Waals surface area contributed by atoms with Gasteiger partial charge in [0.15, 0.2) is 0 Å². The van der Waals surface area contributed by atoms with E-state index in [-0.39, 0.29) is 0 Å². The van der Waals surface area contributed by atoms with Crippen LogP contribution in [-0.4, -0.2) is 9.97 Å². The number of H-pyrrole nitrogens is 2. The predicted octanol–water partition coefficient (Wildman–Crippen LogP) is 13.8. The van der Waals surface area contributed by atoms with Crippen LogP contribution in [0.25, 0.3) is 149 Å². The molecule has 0 amide bonds. The fourth-order valence-corrected chi connectivity index (χ4v) is 14.5. The standard InChI is InChI=1S/C43H16N2S3/c1-4-14-10-18-19-11-46-42-16-6-2-8-22-25(16)37-35-32(28(19)42)31-27(18)24(14)15(5-1)41-29-20(12-47-41)39-38-26-17(7-3-9-23(26)45-39)43-30(34(35)36(38)33(29)31)21(13-48-43)40(37)44-22/h1-9,11-13,44-45H,10H2. The third-order valence-electron chi connectivity index (χ3n) is 12.7. The average Bonchev–Trinajstić information content (AvgIpc) is 3.94.